The second-order valence-corrected chi connectivity index (χ2v) is 6.56. The van der Waals surface area contributed by atoms with Crippen LogP contribution in [-0.4, -0.2) is 50.7 Å². The van der Waals surface area contributed by atoms with Crippen LogP contribution in [0.15, 0.2) is 36.5 Å². The lowest BCUT2D eigenvalue weighted by Gasteiger charge is -2.27. The molecule has 1 amide bonds. The number of pyridine rings is 1. The maximum atomic E-state index is 12.1. The maximum Gasteiger partial charge on any atom is 0.254 e. The van der Waals surface area contributed by atoms with Gasteiger partial charge >= 0.3 is 0 Å². The molecule has 0 spiro atoms. The van der Waals surface area contributed by atoms with Gasteiger partial charge in [-0.15, -0.1) is 0 Å². The Morgan fingerprint density at radius 1 is 1.19 bits per heavy atom. The molecule has 1 atom stereocenters. The lowest BCUT2D eigenvalue weighted by Crippen LogP contribution is -2.25. The van der Waals surface area contributed by atoms with Crippen LogP contribution in [0.25, 0.3) is 0 Å². The Kier molecular flexibility index (Phi) is 5.30. The molecule has 1 saturated heterocycles. The first-order chi connectivity index (χ1) is 12.5. The SMILES string of the molecule is COc1ccc(C2CCCN2c2ccc(C(=O)N(C)C)cn2)c(OC)c1. The molecular formula is C20H25N3O3. The zero-order valence-electron chi connectivity index (χ0n) is 15.7. The second kappa shape index (κ2) is 7.64. The summed E-state index contributed by atoms with van der Waals surface area (Å²) in [6.45, 7) is 0.924. The molecule has 1 aliphatic heterocycles. The predicted octanol–water partition coefficient (Wildman–Crippen LogP) is 3.14. The van der Waals surface area contributed by atoms with Gasteiger partial charge < -0.3 is 19.3 Å². The number of carbonyl (C=O) groups is 1. The largest absolute Gasteiger partial charge is 0.497 e. The molecule has 0 aliphatic carbocycles. The van der Waals surface area contributed by atoms with Crippen LogP contribution in [0.1, 0.15) is 34.8 Å². The number of carbonyl (C=O) groups excluding carboxylic acids is 1. The molecule has 26 heavy (non-hydrogen) atoms. The highest BCUT2D eigenvalue weighted by Gasteiger charge is 2.29. The normalized spacial score (nSPS) is 16.5. The fourth-order valence-corrected chi connectivity index (χ4v) is 3.40. The van der Waals surface area contributed by atoms with Crippen molar-refractivity contribution in [3.63, 3.8) is 0 Å². The quantitative estimate of drug-likeness (QED) is 0.825. The van der Waals surface area contributed by atoms with Gasteiger partial charge in [-0.05, 0) is 37.1 Å². The monoisotopic (exact) mass is 355 g/mol. The van der Waals surface area contributed by atoms with Crippen molar-refractivity contribution in [3.8, 4) is 11.5 Å². The summed E-state index contributed by atoms with van der Waals surface area (Å²) in [6.07, 6.45) is 3.76. The van der Waals surface area contributed by atoms with Crippen molar-refractivity contribution in [2.75, 3.05) is 39.8 Å². The van der Waals surface area contributed by atoms with E-state index in [1.54, 1.807) is 39.4 Å². The first kappa shape index (κ1) is 18.0. The summed E-state index contributed by atoms with van der Waals surface area (Å²) in [7, 11) is 6.81. The van der Waals surface area contributed by atoms with Crippen molar-refractivity contribution in [3.05, 3.63) is 47.7 Å². The van der Waals surface area contributed by atoms with Crippen molar-refractivity contribution in [1.29, 1.82) is 0 Å². The second-order valence-electron chi connectivity index (χ2n) is 6.56. The van der Waals surface area contributed by atoms with Crippen LogP contribution in [0.4, 0.5) is 5.82 Å². The van der Waals surface area contributed by atoms with Gasteiger partial charge in [0, 0.05) is 38.5 Å². The highest BCUT2D eigenvalue weighted by Crippen LogP contribution is 2.40. The van der Waals surface area contributed by atoms with E-state index in [0.717, 1.165) is 42.3 Å². The van der Waals surface area contributed by atoms with Crippen LogP contribution in [0.3, 0.4) is 0 Å². The van der Waals surface area contributed by atoms with Gasteiger partial charge in [-0.25, -0.2) is 4.98 Å². The van der Waals surface area contributed by atoms with Gasteiger partial charge in [-0.2, -0.15) is 0 Å². The van der Waals surface area contributed by atoms with E-state index in [-0.39, 0.29) is 11.9 Å². The summed E-state index contributed by atoms with van der Waals surface area (Å²) < 4.78 is 10.9. The van der Waals surface area contributed by atoms with Crippen molar-refractivity contribution in [1.82, 2.24) is 9.88 Å². The summed E-state index contributed by atoms with van der Waals surface area (Å²) in [5.41, 5.74) is 1.72. The molecule has 0 saturated carbocycles. The number of benzene rings is 1. The molecule has 138 valence electrons. The number of hydrogen-bond donors (Lipinski definition) is 0. The zero-order chi connectivity index (χ0) is 18.7. The van der Waals surface area contributed by atoms with E-state index < -0.39 is 0 Å². The average molecular weight is 355 g/mol. The van der Waals surface area contributed by atoms with E-state index in [0.29, 0.717) is 5.56 Å². The van der Waals surface area contributed by atoms with Gasteiger partial charge in [0.1, 0.15) is 17.3 Å². The van der Waals surface area contributed by atoms with Crippen molar-refractivity contribution < 1.29 is 14.3 Å². The molecule has 1 aromatic heterocycles. The van der Waals surface area contributed by atoms with E-state index in [4.69, 9.17) is 9.47 Å². The van der Waals surface area contributed by atoms with Crippen molar-refractivity contribution in [2.24, 2.45) is 0 Å². The minimum atomic E-state index is -0.0427. The Bertz CT molecular complexity index is 774. The Balaban J connectivity index is 1.88. The standard InChI is InChI=1S/C20H25N3O3/c1-22(2)20(24)14-7-10-19(21-13-14)23-11-5-6-17(23)16-9-8-15(25-3)12-18(16)26-4/h7-10,12-13,17H,5-6,11H2,1-4H3. The molecule has 0 bridgehead atoms. The molecule has 6 heteroatoms. The number of aromatic nitrogens is 1. The summed E-state index contributed by atoms with van der Waals surface area (Å²) in [6, 6.07) is 9.89. The third kappa shape index (κ3) is 3.45. The van der Waals surface area contributed by atoms with Gasteiger partial charge in [0.25, 0.3) is 5.91 Å². The molecule has 3 rings (SSSR count). The highest BCUT2D eigenvalue weighted by atomic mass is 16.5. The molecule has 0 radical (unpaired) electrons. The molecule has 1 fully saturated rings. The molecule has 1 unspecified atom stereocenters. The van der Waals surface area contributed by atoms with E-state index in [1.165, 1.54) is 0 Å². The minimum absolute atomic E-state index is 0.0427. The van der Waals surface area contributed by atoms with Crippen LogP contribution in [-0.2, 0) is 0 Å². The third-order valence-corrected chi connectivity index (χ3v) is 4.75. The first-order valence-electron chi connectivity index (χ1n) is 8.71. The van der Waals surface area contributed by atoms with E-state index >= 15 is 0 Å². The predicted molar refractivity (Wildman–Crippen MR) is 101 cm³/mol. The van der Waals surface area contributed by atoms with E-state index in [2.05, 4.69) is 16.0 Å². The summed E-state index contributed by atoms with van der Waals surface area (Å²) >= 11 is 0. The first-order valence-corrected chi connectivity index (χ1v) is 8.71. The molecule has 2 aromatic rings. The van der Waals surface area contributed by atoms with Crippen LogP contribution in [0.5, 0.6) is 11.5 Å². The molecule has 2 heterocycles. The zero-order valence-corrected chi connectivity index (χ0v) is 15.7. The number of methoxy groups -OCH3 is 2. The Labute approximate surface area is 154 Å². The van der Waals surface area contributed by atoms with Crippen LogP contribution < -0.4 is 14.4 Å². The average Bonchev–Trinajstić information content (AvgIpc) is 3.16. The Hall–Kier alpha value is -2.76. The Morgan fingerprint density at radius 3 is 2.62 bits per heavy atom. The van der Waals surface area contributed by atoms with Crippen LogP contribution in [0, 0.1) is 0 Å². The number of amides is 1. The van der Waals surface area contributed by atoms with Gasteiger partial charge in [-0.3, -0.25) is 4.79 Å². The van der Waals surface area contributed by atoms with Crippen LogP contribution in [0.2, 0.25) is 0 Å². The molecule has 0 N–H and O–H groups in total. The lowest BCUT2D eigenvalue weighted by atomic mass is 10.0. The topological polar surface area (TPSA) is 54.9 Å². The molecule has 1 aliphatic rings. The van der Waals surface area contributed by atoms with Gasteiger partial charge in [0.2, 0.25) is 0 Å². The molecule has 1 aromatic carbocycles. The number of anilines is 1. The van der Waals surface area contributed by atoms with Crippen LogP contribution >= 0.6 is 0 Å². The van der Waals surface area contributed by atoms with Crippen molar-refractivity contribution >= 4 is 11.7 Å². The molecular weight excluding hydrogens is 330 g/mol. The Morgan fingerprint density at radius 2 is 2.00 bits per heavy atom. The fraction of sp³-hybridized carbons (Fsp3) is 0.400. The van der Waals surface area contributed by atoms with Gasteiger partial charge in [-0.1, -0.05) is 0 Å². The maximum absolute atomic E-state index is 12.1. The third-order valence-electron chi connectivity index (χ3n) is 4.75. The highest BCUT2D eigenvalue weighted by molar-refractivity contribution is 5.93. The number of nitrogens with zero attached hydrogens (tertiary/aromatic N) is 3. The summed E-state index contributed by atoms with van der Waals surface area (Å²) in [4.78, 5) is 20.4. The van der Waals surface area contributed by atoms with Gasteiger partial charge in [0.15, 0.2) is 0 Å². The van der Waals surface area contributed by atoms with E-state index in [1.807, 2.05) is 24.3 Å². The fourth-order valence-electron chi connectivity index (χ4n) is 3.40. The number of hydrogen-bond acceptors (Lipinski definition) is 5. The smallest absolute Gasteiger partial charge is 0.254 e. The minimum Gasteiger partial charge on any atom is -0.497 e. The van der Waals surface area contributed by atoms with Gasteiger partial charge in [0.05, 0.1) is 25.8 Å². The number of ether oxygens (including phenoxy) is 2. The summed E-state index contributed by atoms with van der Waals surface area (Å²) in [5.74, 6) is 2.43. The lowest BCUT2D eigenvalue weighted by molar-refractivity contribution is 0.0827. The summed E-state index contributed by atoms with van der Waals surface area (Å²) in [5, 5.41) is 0. The van der Waals surface area contributed by atoms with E-state index in [9.17, 15) is 4.79 Å². The molecule has 6 nitrogen and oxygen atoms in total. The van der Waals surface area contributed by atoms with Crippen molar-refractivity contribution in [2.45, 2.75) is 18.9 Å². The number of rotatable bonds is 5.